The van der Waals surface area contributed by atoms with Crippen molar-refractivity contribution in [3.8, 4) is 5.75 Å². The van der Waals surface area contributed by atoms with E-state index in [4.69, 9.17) is 4.74 Å². The zero-order valence-electron chi connectivity index (χ0n) is 16.7. The van der Waals surface area contributed by atoms with Gasteiger partial charge < -0.3 is 14.5 Å². The molecule has 0 aliphatic carbocycles. The molecule has 3 rings (SSSR count). The van der Waals surface area contributed by atoms with Crippen LogP contribution in [0, 0.1) is 0 Å². The van der Waals surface area contributed by atoms with Crippen LogP contribution in [0.5, 0.6) is 5.75 Å². The number of ether oxygens (including phenoxy) is 1. The number of para-hydroxylation sites is 1. The fraction of sp³-hybridized carbons (Fsp3) is 0.409. The van der Waals surface area contributed by atoms with Crippen LogP contribution in [0.3, 0.4) is 0 Å². The molecule has 2 aromatic rings. The fourth-order valence-corrected chi connectivity index (χ4v) is 3.36. The predicted molar refractivity (Wildman–Crippen MR) is 107 cm³/mol. The van der Waals surface area contributed by atoms with Crippen molar-refractivity contribution in [1.82, 2.24) is 14.8 Å². The number of carbonyl (C=O) groups excluding carboxylic acids is 2. The monoisotopic (exact) mass is 381 g/mol. The average Bonchev–Trinajstić information content (AvgIpc) is 2.73. The number of benzene rings is 1. The molecule has 6 nitrogen and oxygen atoms in total. The lowest BCUT2D eigenvalue weighted by molar-refractivity contribution is -0.139. The van der Waals surface area contributed by atoms with Crippen LogP contribution in [0.4, 0.5) is 0 Å². The van der Waals surface area contributed by atoms with Crippen molar-refractivity contribution in [2.24, 2.45) is 0 Å². The van der Waals surface area contributed by atoms with Crippen molar-refractivity contribution in [3.63, 3.8) is 0 Å². The average molecular weight is 381 g/mol. The quantitative estimate of drug-likeness (QED) is 0.799. The maximum absolute atomic E-state index is 12.8. The highest BCUT2D eigenvalue weighted by atomic mass is 16.5. The van der Waals surface area contributed by atoms with Crippen LogP contribution in [0.1, 0.15) is 42.6 Å². The lowest BCUT2D eigenvalue weighted by atomic mass is 10.0. The normalized spacial score (nSPS) is 15.4. The van der Waals surface area contributed by atoms with Gasteiger partial charge in [0.15, 0.2) is 6.10 Å². The second-order valence-corrected chi connectivity index (χ2v) is 7.31. The van der Waals surface area contributed by atoms with Crippen molar-refractivity contribution in [3.05, 3.63) is 59.9 Å². The van der Waals surface area contributed by atoms with E-state index in [-0.39, 0.29) is 11.8 Å². The third-order valence-electron chi connectivity index (χ3n) is 4.98. The standard InChI is InChI=1S/C22H27N3O3/c1-16(2)19-8-4-5-9-20(19)28-17(3)21(26)24-11-13-25(14-12-24)22(27)18-7-6-10-23-15-18/h4-10,15-17H,11-14H2,1-3H3. The maximum atomic E-state index is 12.8. The highest BCUT2D eigenvalue weighted by molar-refractivity contribution is 5.94. The molecule has 2 amide bonds. The Hall–Kier alpha value is -2.89. The first-order valence-corrected chi connectivity index (χ1v) is 9.71. The van der Waals surface area contributed by atoms with Gasteiger partial charge >= 0.3 is 0 Å². The largest absolute Gasteiger partial charge is 0.481 e. The molecule has 6 heteroatoms. The van der Waals surface area contributed by atoms with Gasteiger partial charge in [0, 0.05) is 38.6 Å². The molecular weight excluding hydrogens is 354 g/mol. The van der Waals surface area contributed by atoms with E-state index in [0.29, 0.717) is 37.7 Å². The summed E-state index contributed by atoms with van der Waals surface area (Å²) in [5, 5.41) is 0. The number of hydrogen-bond acceptors (Lipinski definition) is 4. The van der Waals surface area contributed by atoms with Crippen molar-refractivity contribution < 1.29 is 14.3 Å². The molecule has 1 aromatic carbocycles. The Labute approximate surface area is 166 Å². The van der Waals surface area contributed by atoms with Gasteiger partial charge in [-0.2, -0.15) is 0 Å². The maximum Gasteiger partial charge on any atom is 0.263 e. The lowest BCUT2D eigenvalue weighted by Gasteiger charge is -2.36. The molecule has 1 fully saturated rings. The number of carbonyl (C=O) groups is 2. The molecule has 1 aromatic heterocycles. The molecule has 0 N–H and O–H groups in total. The van der Waals surface area contributed by atoms with Gasteiger partial charge in [-0.05, 0) is 36.6 Å². The summed E-state index contributed by atoms with van der Waals surface area (Å²) in [6.45, 7) is 8.02. The van der Waals surface area contributed by atoms with Crippen LogP contribution >= 0.6 is 0 Å². The molecule has 0 radical (unpaired) electrons. The number of pyridine rings is 1. The Kier molecular flexibility index (Phi) is 6.29. The Bertz CT molecular complexity index is 815. The van der Waals surface area contributed by atoms with Crippen LogP contribution < -0.4 is 4.74 Å². The van der Waals surface area contributed by atoms with Gasteiger partial charge in [0.25, 0.3) is 11.8 Å². The summed E-state index contributed by atoms with van der Waals surface area (Å²) in [6, 6.07) is 11.3. The molecule has 28 heavy (non-hydrogen) atoms. The van der Waals surface area contributed by atoms with E-state index in [1.165, 1.54) is 0 Å². The van der Waals surface area contributed by atoms with Gasteiger partial charge in [-0.1, -0.05) is 32.0 Å². The molecule has 0 saturated carbocycles. The van der Waals surface area contributed by atoms with Gasteiger partial charge in [-0.3, -0.25) is 14.6 Å². The molecule has 2 heterocycles. The van der Waals surface area contributed by atoms with E-state index in [1.54, 1.807) is 41.2 Å². The van der Waals surface area contributed by atoms with Gasteiger partial charge in [-0.25, -0.2) is 0 Å². The minimum Gasteiger partial charge on any atom is -0.481 e. The van der Waals surface area contributed by atoms with Crippen molar-refractivity contribution in [1.29, 1.82) is 0 Å². The summed E-state index contributed by atoms with van der Waals surface area (Å²) in [5.74, 6) is 0.978. The summed E-state index contributed by atoms with van der Waals surface area (Å²) in [5.41, 5.74) is 1.67. The van der Waals surface area contributed by atoms with E-state index in [1.807, 2.05) is 24.3 Å². The van der Waals surface area contributed by atoms with Crippen LogP contribution in [0.2, 0.25) is 0 Å². The van der Waals surface area contributed by atoms with E-state index in [0.717, 1.165) is 11.3 Å². The Morgan fingerprint density at radius 2 is 1.64 bits per heavy atom. The summed E-state index contributed by atoms with van der Waals surface area (Å²) in [6.07, 6.45) is 2.65. The Morgan fingerprint density at radius 3 is 2.29 bits per heavy atom. The molecular formula is C22H27N3O3. The topological polar surface area (TPSA) is 62.7 Å². The van der Waals surface area contributed by atoms with Gasteiger partial charge in [0.1, 0.15) is 5.75 Å². The first-order valence-electron chi connectivity index (χ1n) is 9.71. The second-order valence-electron chi connectivity index (χ2n) is 7.31. The molecule has 1 atom stereocenters. The molecule has 148 valence electrons. The molecule has 0 bridgehead atoms. The molecule has 1 aliphatic heterocycles. The highest BCUT2D eigenvalue weighted by Crippen LogP contribution is 2.27. The number of amides is 2. The van der Waals surface area contributed by atoms with E-state index < -0.39 is 6.10 Å². The van der Waals surface area contributed by atoms with E-state index in [2.05, 4.69) is 18.8 Å². The molecule has 1 aliphatic rings. The minimum absolute atomic E-state index is 0.0460. The lowest BCUT2D eigenvalue weighted by Crippen LogP contribution is -2.53. The first kappa shape index (κ1) is 19.9. The van der Waals surface area contributed by atoms with Gasteiger partial charge in [0.05, 0.1) is 5.56 Å². The number of nitrogens with zero attached hydrogens (tertiary/aromatic N) is 3. The number of hydrogen-bond donors (Lipinski definition) is 0. The van der Waals surface area contributed by atoms with E-state index >= 15 is 0 Å². The Balaban J connectivity index is 1.57. The summed E-state index contributed by atoms with van der Waals surface area (Å²) in [4.78, 5) is 32.9. The second kappa shape index (κ2) is 8.87. The van der Waals surface area contributed by atoms with E-state index in [9.17, 15) is 9.59 Å². The summed E-state index contributed by atoms with van der Waals surface area (Å²) < 4.78 is 5.99. The first-order chi connectivity index (χ1) is 13.5. The summed E-state index contributed by atoms with van der Waals surface area (Å²) in [7, 11) is 0. The van der Waals surface area contributed by atoms with Crippen LogP contribution in [0.15, 0.2) is 48.8 Å². The highest BCUT2D eigenvalue weighted by Gasteiger charge is 2.28. The van der Waals surface area contributed by atoms with Crippen LogP contribution in [-0.2, 0) is 4.79 Å². The molecule has 1 saturated heterocycles. The zero-order valence-corrected chi connectivity index (χ0v) is 16.7. The molecule has 0 spiro atoms. The fourth-order valence-electron chi connectivity index (χ4n) is 3.36. The van der Waals surface area contributed by atoms with Crippen molar-refractivity contribution in [2.75, 3.05) is 26.2 Å². The predicted octanol–water partition coefficient (Wildman–Crippen LogP) is 2.96. The van der Waals surface area contributed by atoms with Crippen LogP contribution in [0.25, 0.3) is 0 Å². The number of rotatable bonds is 5. The zero-order chi connectivity index (χ0) is 20.1. The van der Waals surface area contributed by atoms with Gasteiger partial charge in [0.2, 0.25) is 0 Å². The summed E-state index contributed by atoms with van der Waals surface area (Å²) >= 11 is 0. The van der Waals surface area contributed by atoms with Crippen molar-refractivity contribution >= 4 is 11.8 Å². The van der Waals surface area contributed by atoms with Crippen molar-refractivity contribution in [2.45, 2.75) is 32.8 Å². The SMILES string of the molecule is CC(Oc1ccccc1C(C)C)C(=O)N1CCN(C(=O)c2cccnc2)CC1. The van der Waals surface area contributed by atoms with Gasteiger partial charge in [-0.15, -0.1) is 0 Å². The number of piperazine rings is 1. The minimum atomic E-state index is -0.569. The smallest absolute Gasteiger partial charge is 0.263 e. The van der Waals surface area contributed by atoms with Crippen LogP contribution in [-0.4, -0.2) is 58.9 Å². The third-order valence-corrected chi connectivity index (χ3v) is 4.98. The Morgan fingerprint density at radius 1 is 0.964 bits per heavy atom. The molecule has 1 unspecified atom stereocenters. The number of aromatic nitrogens is 1. The third kappa shape index (κ3) is 4.50.